The largest absolute Gasteiger partial charge is 0.493 e. The number of rotatable bonds is 6. The molecule has 23 heavy (non-hydrogen) atoms. The van der Waals surface area contributed by atoms with E-state index in [9.17, 15) is 4.79 Å². The molecule has 0 aromatic heterocycles. The van der Waals surface area contributed by atoms with E-state index in [0.29, 0.717) is 11.5 Å². The second-order valence-corrected chi connectivity index (χ2v) is 5.64. The summed E-state index contributed by atoms with van der Waals surface area (Å²) < 4.78 is 11.0. The summed E-state index contributed by atoms with van der Waals surface area (Å²) in [7, 11) is 1.59. The minimum Gasteiger partial charge on any atom is -0.493 e. The summed E-state index contributed by atoms with van der Waals surface area (Å²) in [6.45, 7) is 5.91. The minimum absolute atomic E-state index is 0.0352. The predicted octanol–water partition coefficient (Wildman–Crippen LogP) is 3.82. The molecule has 2 rings (SSSR count). The van der Waals surface area contributed by atoms with Crippen LogP contribution >= 0.6 is 0 Å². The van der Waals surface area contributed by atoms with Crippen molar-refractivity contribution < 1.29 is 14.3 Å². The Balaban J connectivity index is 2.11. The van der Waals surface area contributed by atoms with Gasteiger partial charge in [-0.1, -0.05) is 24.3 Å². The predicted molar refractivity (Wildman–Crippen MR) is 92.3 cm³/mol. The van der Waals surface area contributed by atoms with Gasteiger partial charge in [0.1, 0.15) is 0 Å². The van der Waals surface area contributed by atoms with Crippen LogP contribution in [0.4, 0.5) is 5.69 Å². The van der Waals surface area contributed by atoms with Crippen LogP contribution in [0.15, 0.2) is 48.5 Å². The molecule has 0 heterocycles. The Labute approximate surface area is 137 Å². The lowest BCUT2D eigenvalue weighted by Gasteiger charge is -2.27. The monoisotopic (exact) mass is 313 g/mol. The van der Waals surface area contributed by atoms with Crippen LogP contribution in [-0.4, -0.2) is 25.7 Å². The first kappa shape index (κ1) is 16.9. The van der Waals surface area contributed by atoms with E-state index in [-0.39, 0.29) is 18.6 Å². The molecule has 4 nitrogen and oxygen atoms in total. The molecule has 2 aromatic rings. The van der Waals surface area contributed by atoms with Crippen LogP contribution in [0.1, 0.15) is 19.4 Å². The van der Waals surface area contributed by atoms with Crippen molar-refractivity contribution >= 4 is 11.6 Å². The minimum atomic E-state index is -0.0890. The summed E-state index contributed by atoms with van der Waals surface area (Å²) in [5.74, 6) is 1.12. The number of carbonyl (C=O) groups excluding carboxylic acids is 1. The molecule has 0 saturated carbocycles. The smallest absolute Gasteiger partial charge is 0.265 e. The van der Waals surface area contributed by atoms with Crippen LogP contribution in [0.5, 0.6) is 11.5 Å². The Bertz CT molecular complexity index is 653. The lowest BCUT2D eigenvalue weighted by molar-refractivity contribution is -0.120. The van der Waals surface area contributed by atoms with Crippen LogP contribution in [0, 0.1) is 6.92 Å². The van der Waals surface area contributed by atoms with Gasteiger partial charge in [-0.2, -0.15) is 0 Å². The van der Waals surface area contributed by atoms with Gasteiger partial charge in [0.2, 0.25) is 0 Å². The molecule has 0 unspecified atom stereocenters. The molecule has 1 amide bonds. The van der Waals surface area contributed by atoms with Gasteiger partial charge < -0.3 is 14.4 Å². The SMILES string of the molecule is COc1cc(C)ccc1OCC(=O)N(c1ccccc1)C(C)C. The van der Waals surface area contributed by atoms with Crippen molar-refractivity contribution in [1.29, 1.82) is 0 Å². The molecule has 0 N–H and O–H groups in total. The number of carbonyl (C=O) groups is 1. The third-order valence-electron chi connectivity index (χ3n) is 3.49. The Kier molecular flexibility index (Phi) is 5.63. The number of methoxy groups -OCH3 is 1. The van der Waals surface area contributed by atoms with Gasteiger partial charge in [-0.3, -0.25) is 4.79 Å². The fourth-order valence-corrected chi connectivity index (χ4v) is 2.42. The first-order valence-electron chi connectivity index (χ1n) is 7.67. The third-order valence-corrected chi connectivity index (χ3v) is 3.49. The second kappa shape index (κ2) is 7.68. The summed E-state index contributed by atoms with van der Waals surface area (Å²) in [5, 5.41) is 0. The number of aryl methyl sites for hydroxylation is 1. The number of hydrogen-bond donors (Lipinski definition) is 0. The van der Waals surface area contributed by atoms with Crippen molar-refractivity contribution in [3.05, 3.63) is 54.1 Å². The maximum absolute atomic E-state index is 12.6. The average molecular weight is 313 g/mol. The van der Waals surface area contributed by atoms with E-state index in [2.05, 4.69) is 0 Å². The molecule has 0 aliphatic heterocycles. The zero-order valence-electron chi connectivity index (χ0n) is 14.1. The fraction of sp³-hybridized carbons (Fsp3) is 0.316. The van der Waals surface area contributed by atoms with Gasteiger partial charge in [-0.25, -0.2) is 0 Å². The Morgan fingerprint density at radius 1 is 1.09 bits per heavy atom. The van der Waals surface area contributed by atoms with E-state index in [4.69, 9.17) is 9.47 Å². The van der Waals surface area contributed by atoms with Crippen molar-refractivity contribution in [2.45, 2.75) is 26.8 Å². The van der Waals surface area contributed by atoms with Crippen molar-refractivity contribution in [2.24, 2.45) is 0 Å². The normalized spacial score (nSPS) is 10.5. The van der Waals surface area contributed by atoms with Crippen LogP contribution in [0.2, 0.25) is 0 Å². The van der Waals surface area contributed by atoms with Crippen LogP contribution in [-0.2, 0) is 4.79 Å². The van der Waals surface area contributed by atoms with Crippen LogP contribution in [0.3, 0.4) is 0 Å². The van der Waals surface area contributed by atoms with Gasteiger partial charge in [0, 0.05) is 11.7 Å². The van der Waals surface area contributed by atoms with Crippen molar-refractivity contribution in [1.82, 2.24) is 0 Å². The van der Waals surface area contributed by atoms with Crippen LogP contribution in [0.25, 0.3) is 0 Å². The summed E-state index contributed by atoms with van der Waals surface area (Å²) in [6.07, 6.45) is 0. The van der Waals surface area contributed by atoms with Gasteiger partial charge in [0.25, 0.3) is 5.91 Å². The first-order valence-corrected chi connectivity index (χ1v) is 7.67. The van der Waals surface area contributed by atoms with E-state index in [1.54, 1.807) is 12.0 Å². The van der Waals surface area contributed by atoms with E-state index >= 15 is 0 Å². The molecule has 2 aromatic carbocycles. The molecule has 0 aliphatic rings. The molecule has 0 bridgehead atoms. The molecule has 0 spiro atoms. The molecule has 0 saturated heterocycles. The standard InChI is InChI=1S/C19H23NO3/c1-14(2)20(16-8-6-5-7-9-16)19(21)13-23-17-11-10-15(3)12-18(17)22-4/h5-12,14H,13H2,1-4H3. The Morgan fingerprint density at radius 3 is 2.39 bits per heavy atom. The van der Waals surface area contributed by atoms with E-state index < -0.39 is 0 Å². The van der Waals surface area contributed by atoms with Gasteiger partial charge in [0.05, 0.1) is 7.11 Å². The maximum atomic E-state index is 12.6. The number of anilines is 1. The average Bonchev–Trinajstić information content (AvgIpc) is 2.54. The van der Waals surface area contributed by atoms with Gasteiger partial charge in [-0.05, 0) is 50.6 Å². The lowest BCUT2D eigenvalue weighted by atomic mass is 10.2. The van der Waals surface area contributed by atoms with Crippen LogP contribution < -0.4 is 14.4 Å². The lowest BCUT2D eigenvalue weighted by Crippen LogP contribution is -2.40. The van der Waals surface area contributed by atoms with Crippen molar-refractivity contribution in [3.8, 4) is 11.5 Å². The first-order chi connectivity index (χ1) is 11.0. The number of para-hydroxylation sites is 1. The summed E-state index contributed by atoms with van der Waals surface area (Å²) in [5.41, 5.74) is 1.94. The summed E-state index contributed by atoms with van der Waals surface area (Å²) >= 11 is 0. The quantitative estimate of drug-likeness (QED) is 0.813. The second-order valence-electron chi connectivity index (χ2n) is 5.64. The molecule has 4 heteroatoms. The highest BCUT2D eigenvalue weighted by Crippen LogP contribution is 2.28. The zero-order valence-corrected chi connectivity index (χ0v) is 14.1. The van der Waals surface area contributed by atoms with E-state index in [1.165, 1.54) is 0 Å². The van der Waals surface area contributed by atoms with Gasteiger partial charge >= 0.3 is 0 Å². The highest BCUT2D eigenvalue weighted by molar-refractivity contribution is 5.94. The number of ether oxygens (including phenoxy) is 2. The molecular weight excluding hydrogens is 290 g/mol. The molecule has 122 valence electrons. The van der Waals surface area contributed by atoms with E-state index in [1.807, 2.05) is 69.3 Å². The van der Waals surface area contributed by atoms with E-state index in [0.717, 1.165) is 11.3 Å². The highest BCUT2D eigenvalue weighted by Gasteiger charge is 2.20. The number of amides is 1. The molecule has 0 radical (unpaired) electrons. The molecule has 0 aliphatic carbocycles. The fourth-order valence-electron chi connectivity index (χ4n) is 2.42. The number of nitrogens with zero attached hydrogens (tertiary/aromatic N) is 1. The Morgan fingerprint density at radius 2 is 1.78 bits per heavy atom. The molecular formula is C19H23NO3. The van der Waals surface area contributed by atoms with Gasteiger partial charge in [0.15, 0.2) is 18.1 Å². The highest BCUT2D eigenvalue weighted by atomic mass is 16.5. The Hall–Kier alpha value is -2.49. The van der Waals surface area contributed by atoms with Crippen molar-refractivity contribution in [3.63, 3.8) is 0 Å². The molecule has 0 atom stereocenters. The number of benzene rings is 2. The van der Waals surface area contributed by atoms with Crippen molar-refractivity contribution in [2.75, 3.05) is 18.6 Å². The summed E-state index contributed by atoms with van der Waals surface area (Å²) in [6, 6.07) is 15.3. The topological polar surface area (TPSA) is 38.8 Å². The third kappa shape index (κ3) is 4.25. The zero-order chi connectivity index (χ0) is 16.8. The maximum Gasteiger partial charge on any atom is 0.265 e. The summed E-state index contributed by atoms with van der Waals surface area (Å²) in [4.78, 5) is 14.3. The molecule has 0 fully saturated rings. The van der Waals surface area contributed by atoms with Gasteiger partial charge in [-0.15, -0.1) is 0 Å². The number of hydrogen-bond acceptors (Lipinski definition) is 3.